The molecule has 0 bridgehead atoms. The minimum atomic E-state index is -4.03. The van der Waals surface area contributed by atoms with Crippen LogP contribution >= 0.6 is 45.9 Å². The first-order valence-corrected chi connectivity index (χ1v) is 11.8. The van der Waals surface area contributed by atoms with Crippen molar-refractivity contribution < 1.29 is 13.2 Å². The average Bonchev–Trinajstić information content (AvgIpc) is 3.16. The number of amides is 1. The number of nitrogens with zero attached hydrogens (tertiary/aromatic N) is 2. The van der Waals surface area contributed by atoms with Crippen LogP contribution in [0, 0.1) is 0 Å². The van der Waals surface area contributed by atoms with Crippen LogP contribution in [0.4, 0.5) is 5.69 Å². The molecule has 3 rings (SSSR count). The maximum Gasteiger partial charge on any atom is 0.266 e. The van der Waals surface area contributed by atoms with Crippen LogP contribution in [-0.4, -0.2) is 37.3 Å². The fraction of sp³-hybridized carbons (Fsp3) is 0.250. The van der Waals surface area contributed by atoms with Gasteiger partial charge in [0.15, 0.2) is 0 Å². The predicted octanol–water partition coefficient (Wildman–Crippen LogP) is 4.95. The molecule has 0 fully saturated rings. The zero-order chi connectivity index (χ0) is 19.8. The Kier molecular flexibility index (Phi) is 5.97. The highest BCUT2D eigenvalue weighted by atomic mass is 35.5. The molecule has 27 heavy (non-hydrogen) atoms. The number of aromatic nitrogens is 1. The Labute approximate surface area is 174 Å². The summed E-state index contributed by atoms with van der Waals surface area (Å²) >= 11 is 14.0. The minimum Gasteiger partial charge on any atom is -0.338 e. The first-order chi connectivity index (χ1) is 12.8. The van der Waals surface area contributed by atoms with Gasteiger partial charge in [-0.3, -0.25) is 9.52 Å². The number of sulfonamides is 1. The molecule has 0 atom stereocenters. The van der Waals surface area contributed by atoms with E-state index in [4.69, 9.17) is 23.2 Å². The van der Waals surface area contributed by atoms with Crippen LogP contribution in [0.3, 0.4) is 0 Å². The van der Waals surface area contributed by atoms with Gasteiger partial charge in [0.1, 0.15) is 18.9 Å². The van der Waals surface area contributed by atoms with Crippen LogP contribution in [0.25, 0.3) is 10.2 Å². The first kappa shape index (κ1) is 20.3. The monoisotopic (exact) mass is 463 g/mol. The van der Waals surface area contributed by atoms with Crippen LogP contribution in [0.2, 0.25) is 8.67 Å². The molecule has 0 saturated heterocycles. The summed E-state index contributed by atoms with van der Waals surface area (Å²) in [4.78, 5) is 19.5. The molecule has 11 heteroatoms. The molecule has 6 nitrogen and oxygen atoms in total. The second-order valence-corrected chi connectivity index (χ2v) is 10.4. The first-order valence-electron chi connectivity index (χ1n) is 7.92. The summed E-state index contributed by atoms with van der Waals surface area (Å²) in [5, 5.41) is 0.555. The molecule has 0 radical (unpaired) electrons. The van der Waals surface area contributed by atoms with Crippen LogP contribution in [-0.2, 0) is 10.0 Å². The molecule has 3 aromatic rings. The summed E-state index contributed by atoms with van der Waals surface area (Å²) in [5.74, 6) is -0.254. The number of carbonyl (C=O) groups excluding carboxylic acids is 1. The molecule has 0 aromatic carbocycles. The van der Waals surface area contributed by atoms with Gasteiger partial charge in [-0.25, -0.2) is 13.4 Å². The molecule has 144 valence electrons. The van der Waals surface area contributed by atoms with E-state index in [1.165, 1.54) is 6.07 Å². The number of anilines is 1. The molecule has 0 saturated carbocycles. The number of hydrogen-bond acceptors (Lipinski definition) is 6. The van der Waals surface area contributed by atoms with Gasteiger partial charge in [-0.15, -0.1) is 22.7 Å². The fourth-order valence-electron chi connectivity index (χ4n) is 2.54. The third-order valence-corrected chi connectivity index (χ3v) is 8.07. The van der Waals surface area contributed by atoms with E-state index in [1.807, 2.05) is 13.8 Å². The highest BCUT2D eigenvalue weighted by molar-refractivity contribution is 7.93. The van der Waals surface area contributed by atoms with Gasteiger partial charge in [-0.05, 0) is 32.0 Å². The third kappa shape index (κ3) is 3.93. The van der Waals surface area contributed by atoms with Gasteiger partial charge in [-0.2, -0.15) is 0 Å². The van der Waals surface area contributed by atoms with Crippen LogP contribution in [0.5, 0.6) is 0 Å². The number of halogens is 2. The topological polar surface area (TPSA) is 79.4 Å². The molecule has 1 amide bonds. The quantitative estimate of drug-likeness (QED) is 0.560. The number of hydrogen-bond donors (Lipinski definition) is 1. The van der Waals surface area contributed by atoms with Gasteiger partial charge in [0.05, 0.1) is 10.0 Å². The SMILES string of the molecule is CCN(CC)C(=O)c1sc2ncccc2c1NS(=O)(=O)c1cc(Cl)sc1Cl. The molecule has 0 aliphatic heterocycles. The smallest absolute Gasteiger partial charge is 0.266 e. The predicted molar refractivity (Wildman–Crippen MR) is 112 cm³/mol. The maximum absolute atomic E-state index is 12.9. The minimum absolute atomic E-state index is 0.0572. The van der Waals surface area contributed by atoms with Crippen molar-refractivity contribution in [2.45, 2.75) is 18.7 Å². The Morgan fingerprint density at radius 2 is 1.96 bits per heavy atom. The van der Waals surface area contributed by atoms with Crippen LogP contribution < -0.4 is 4.72 Å². The normalized spacial score (nSPS) is 11.7. The molecule has 1 N–H and O–H groups in total. The van der Waals surface area contributed by atoms with Crippen LogP contribution in [0.1, 0.15) is 23.5 Å². The lowest BCUT2D eigenvalue weighted by Gasteiger charge is -2.18. The largest absolute Gasteiger partial charge is 0.338 e. The van der Waals surface area contributed by atoms with E-state index in [0.717, 1.165) is 22.7 Å². The van der Waals surface area contributed by atoms with Crippen molar-refractivity contribution in [3.8, 4) is 0 Å². The Bertz CT molecular complexity index is 1100. The van der Waals surface area contributed by atoms with Gasteiger partial charge in [0.2, 0.25) is 0 Å². The lowest BCUT2D eigenvalue weighted by molar-refractivity contribution is 0.0779. The Morgan fingerprint density at radius 3 is 2.56 bits per heavy atom. The lowest BCUT2D eigenvalue weighted by atomic mass is 10.2. The van der Waals surface area contributed by atoms with Crippen molar-refractivity contribution >= 4 is 77.7 Å². The molecular formula is C16H15Cl2N3O3S3. The van der Waals surface area contributed by atoms with E-state index in [2.05, 4.69) is 9.71 Å². The maximum atomic E-state index is 12.9. The number of nitrogens with one attached hydrogen (secondary N) is 1. The van der Waals surface area contributed by atoms with E-state index in [-0.39, 0.29) is 30.0 Å². The highest BCUT2D eigenvalue weighted by Crippen LogP contribution is 2.39. The van der Waals surface area contributed by atoms with E-state index in [1.54, 1.807) is 23.2 Å². The second kappa shape index (κ2) is 7.92. The third-order valence-electron chi connectivity index (χ3n) is 3.86. The van der Waals surface area contributed by atoms with E-state index >= 15 is 0 Å². The van der Waals surface area contributed by atoms with Gasteiger partial charge in [0.25, 0.3) is 15.9 Å². The summed E-state index contributed by atoms with van der Waals surface area (Å²) in [6.45, 7) is 4.75. The number of pyridine rings is 1. The summed E-state index contributed by atoms with van der Waals surface area (Å²) < 4.78 is 28.6. The number of rotatable bonds is 6. The summed E-state index contributed by atoms with van der Waals surface area (Å²) in [6, 6.07) is 4.69. The van der Waals surface area contributed by atoms with E-state index in [0.29, 0.717) is 23.3 Å². The zero-order valence-electron chi connectivity index (χ0n) is 14.3. The van der Waals surface area contributed by atoms with Crippen molar-refractivity contribution in [2.75, 3.05) is 17.8 Å². The standard InChI is InChI=1S/C16H15Cl2N3O3S3/c1-3-21(4-2)16(22)13-12(9-6-5-7-19-15(9)26-13)20-27(23,24)10-8-11(17)25-14(10)18/h5-8,20H,3-4H2,1-2H3. The molecule has 3 aromatic heterocycles. The summed E-state index contributed by atoms with van der Waals surface area (Å²) in [6.07, 6.45) is 1.60. The summed E-state index contributed by atoms with van der Waals surface area (Å²) in [7, 11) is -4.03. The second-order valence-electron chi connectivity index (χ2n) is 5.43. The van der Waals surface area contributed by atoms with Crippen molar-refractivity contribution in [1.29, 1.82) is 0 Å². The molecular weight excluding hydrogens is 449 g/mol. The Balaban J connectivity index is 2.14. The Morgan fingerprint density at radius 1 is 1.26 bits per heavy atom. The molecule has 0 unspecified atom stereocenters. The summed E-state index contributed by atoms with van der Waals surface area (Å²) in [5.41, 5.74) is 0.207. The van der Waals surface area contributed by atoms with E-state index < -0.39 is 10.0 Å². The van der Waals surface area contributed by atoms with E-state index in [9.17, 15) is 13.2 Å². The molecule has 3 heterocycles. The molecule has 0 aliphatic carbocycles. The fourth-order valence-corrected chi connectivity index (χ4v) is 6.91. The average molecular weight is 464 g/mol. The number of carbonyl (C=O) groups is 1. The van der Waals surface area contributed by atoms with Crippen molar-refractivity contribution in [1.82, 2.24) is 9.88 Å². The number of thiophene rings is 2. The van der Waals surface area contributed by atoms with Gasteiger partial charge in [0, 0.05) is 24.7 Å². The van der Waals surface area contributed by atoms with Gasteiger partial charge < -0.3 is 4.90 Å². The lowest BCUT2D eigenvalue weighted by Crippen LogP contribution is -2.30. The van der Waals surface area contributed by atoms with Crippen molar-refractivity contribution in [3.63, 3.8) is 0 Å². The van der Waals surface area contributed by atoms with Gasteiger partial charge >= 0.3 is 0 Å². The molecule has 0 spiro atoms. The zero-order valence-corrected chi connectivity index (χ0v) is 18.3. The van der Waals surface area contributed by atoms with Gasteiger partial charge in [-0.1, -0.05) is 23.2 Å². The molecule has 0 aliphatic rings. The highest BCUT2D eigenvalue weighted by Gasteiger charge is 2.28. The number of fused-ring (bicyclic) bond motifs is 1. The van der Waals surface area contributed by atoms with Crippen LogP contribution in [0.15, 0.2) is 29.3 Å². The Hall–Kier alpha value is -1.39. The van der Waals surface area contributed by atoms with Crippen molar-refractivity contribution in [2.24, 2.45) is 0 Å². The van der Waals surface area contributed by atoms with Crippen molar-refractivity contribution in [3.05, 3.63) is 37.9 Å².